The van der Waals surface area contributed by atoms with Crippen LogP contribution < -0.4 is 11.1 Å². The first-order valence-corrected chi connectivity index (χ1v) is 5.79. The second-order valence-corrected chi connectivity index (χ2v) is 5.17. The van der Waals surface area contributed by atoms with Gasteiger partial charge in [0.15, 0.2) is 0 Å². The number of hydrogen-bond acceptors (Lipinski definition) is 4. The van der Waals surface area contributed by atoms with E-state index in [-0.39, 0.29) is 5.91 Å². The van der Waals surface area contributed by atoms with Crippen molar-refractivity contribution < 1.29 is 4.79 Å². The van der Waals surface area contributed by atoms with Crippen molar-refractivity contribution in [2.45, 2.75) is 32.2 Å². The normalized spacial score (nSPS) is 11.4. The molecule has 0 bridgehead atoms. The Morgan fingerprint density at radius 1 is 1.67 bits per heavy atom. The van der Waals surface area contributed by atoms with Gasteiger partial charge >= 0.3 is 0 Å². The number of rotatable bonds is 5. The SMILES string of the molecule is CC(C)(N)CC(=O)NCCc1nccs1. The number of aromatic nitrogens is 1. The number of hydrogen-bond donors (Lipinski definition) is 2. The number of carbonyl (C=O) groups excluding carboxylic acids is 1. The van der Waals surface area contributed by atoms with Crippen LogP contribution >= 0.6 is 11.3 Å². The standard InChI is InChI=1S/C10H17N3OS/c1-10(2,11)7-8(14)12-4-3-9-13-5-6-15-9/h5-6H,3-4,7,11H2,1-2H3,(H,12,14). The minimum atomic E-state index is -0.439. The summed E-state index contributed by atoms with van der Waals surface area (Å²) in [5.74, 6) is -0.000874. The van der Waals surface area contributed by atoms with E-state index < -0.39 is 5.54 Å². The zero-order valence-electron chi connectivity index (χ0n) is 9.12. The zero-order chi connectivity index (χ0) is 11.3. The molecule has 1 aromatic rings. The largest absolute Gasteiger partial charge is 0.356 e. The molecule has 0 radical (unpaired) electrons. The molecule has 0 aliphatic heterocycles. The highest BCUT2D eigenvalue weighted by atomic mass is 32.1. The Morgan fingerprint density at radius 3 is 2.93 bits per heavy atom. The lowest BCUT2D eigenvalue weighted by Crippen LogP contribution is -2.39. The molecule has 84 valence electrons. The molecule has 0 saturated heterocycles. The van der Waals surface area contributed by atoms with Crippen LogP contribution in [0.2, 0.25) is 0 Å². The quantitative estimate of drug-likeness (QED) is 0.786. The number of thiazole rings is 1. The van der Waals surface area contributed by atoms with E-state index in [1.54, 1.807) is 17.5 Å². The van der Waals surface area contributed by atoms with Crippen LogP contribution in [0.1, 0.15) is 25.3 Å². The maximum Gasteiger partial charge on any atom is 0.221 e. The van der Waals surface area contributed by atoms with E-state index in [0.717, 1.165) is 11.4 Å². The molecule has 0 atom stereocenters. The Bertz CT molecular complexity index is 303. The predicted molar refractivity (Wildman–Crippen MR) is 61.7 cm³/mol. The van der Waals surface area contributed by atoms with E-state index in [1.807, 2.05) is 19.2 Å². The monoisotopic (exact) mass is 227 g/mol. The molecule has 0 spiro atoms. The topological polar surface area (TPSA) is 68.0 Å². The number of nitrogens with one attached hydrogen (secondary N) is 1. The minimum absolute atomic E-state index is 0.000874. The second kappa shape index (κ2) is 5.23. The Morgan fingerprint density at radius 2 is 2.40 bits per heavy atom. The van der Waals surface area contributed by atoms with Crippen molar-refractivity contribution >= 4 is 17.2 Å². The number of nitrogens with zero attached hydrogens (tertiary/aromatic N) is 1. The van der Waals surface area contributed by atoms with Crippen molar-refractivity contribution in [3.8, 4) is 0 Å². The fourth-order valence-corrected chi connectivity index (χ4v) is 1.78. The first-order valence-electron chi connectivity index (χ1n) is 4.91. The summed E-state index contributed by atoms with van der Waals surface area (Å²) < 4.78 is 0. The van der Waals surface area contributed by atoms with E-state index >= 15 is 0 Å². The second-order valence-electron chi connectivity index (χ2n) is 4.19. The summed E-state index contributed by atoms with van der Waals surface area (Å²) in [7, 11) is 0. The van der Waals surface area contributed by atoms with Crippen molar-refractivity contribution in [2.24, 2.45) is 5.73 Å². The Labute approximate surface area is 93.9 Å². The molecule has 0 aliphatic carbocycles. The van der Waals surface area contributed by atoms with Crippen LogP contribution in [0.5, 0.6) is 0 Å². The molecule has 1 rings (SSSR count). The first kappa shape index (κ1) is 12.1. The van der Waals surface area contributed by atoms with Crippen LogP contribution in [0.15, 0.2) is 11.6 Å². The lowest BCUT2D eigenvalue weighted by atomic mass is 10.0. The molecular formula is C10H17N3OS. The van der Waals surface area contributed by atoms with E-state index in [2.05, 4.69) is 10.3 Å². The van der Waals surface area contributed by atoms with Crippen molar-refractivity contribution in [2.75, 3.05) is 6.54 Å². The van der Waals surface area contributed by atoms with Gasteiger partial charge in [0.05, 0.1) is 5.01 Å². The Hall–Kier alpha value is -0.940. The van der Waals surface area contributed by atoms with E-state index in [9.17, 15) is 4.79 Å². The zero-order valence-corrected chi connectivity index (χ0v) is 9.93. The van der Waals surface area contributed by atoms with Gasteiger partial charge in [0.1, 0.15) is 0 Å². The molecule has 0 aliphatic rings. The van der Waals surface area contributed by atoms with Gasteiger partial charge in [-0.3, -0.25) is 4.79 Å². The summed E-state index contributed by atoms with van der Waals surface area (Å²) in [4.78, 5) is 15.5. The van der Waals surface area contributed by atoms with Crippen molar-refractivity contribution in [1.82, 2.24) is 10.3 Å². The third-order valence-corrected chi connectivity index (χ3v) is 2.60. The molecule has 1 amide bonds. The summed E-state index contributed by atoms with van der Waals surface area (Å²) in [5.41, 5.74) is 5.29. The lowest BCUT2D eigenvalue weighted by molar-refractivity contribution is -0.121. The summed E-state index contributed by atoms with van der Waals surface area (Å²) in [5, 5.41) is 5.80. The molecule has 15 heavy (non-hydrogen) atoms. The summed E-state index contributed by atoms with van der Waals surface area (Å²) in [6, 6.07) is 0. The van der Waals surface area contributed by atoms with E-state index in [0.29, 0.717) is 13.0 Å². The molecule has 0 unspecified atom stereocenters. The van der Waals surface area contributed by atoms with E-state index in [4.69, 9.17) is 5.73 Å². The van der Waals surface area contributed by atoms with Gasteiger partial charge < -0.3 is 11.1 Å². The summed E-state index contributed by atoms with van der Waals surface area (Å²) in [6.45, 7) is 4.31. The van der Waals surface area contributed by atoms with E-state index in [1.165, 1.54) is 0 Å². The molecular weight excluding hydrogens is 210 g/mol. The Kier molecular flexibility index (Phi) is 4.23. The van der Waals surface area contributed by atoms with Crippen LogP contribution in [0, 0.1) is 0 Å². The van der Waals surface area contributed by atoms with Crippen LogP contribution in [-0.4, -0.2) is 23.0 Å². The smallest absolute Gasteiger partial charge is 0.221 e. The van der Waals surface area contributed by atoms with Gasteiger partial charge in [-0.2, -0.15) is 0 Å². The highest BCUT2D eigenvalue weighted by molar-refractivity contribution is 7.09. The van der Waals surface area contributed by atoms with Crippen LogP contribution in [0.25, 0.3) is 0 Å². The van der Waals surface area contributed by atoms with Gasteiger partial charge in [0.25, 0.3) is 0 Å². The molecule has 0 saturated carbocycles. The first-order chi connectivity index (χ1) is 6.97. The fraction of sp³-hybridized carbons (Fsp3) is 0.600. The average molecular weight is 227 g/mol. The maximum atomic E-state index is 11.4. The van der Waals surface area contributed by atoms with Crippen molar-refractivity contribution in [1.29, 1.82) is 0 Å². The predicted octanol–water partition coefficient (Wildman–Crippen LogP) is 0.929. The lowest BCUT2D eigenvalue weighted by Gasteiger charge is -2.17. The van der Waals surface area contributed by atoms with Crippen LogP contribution in [-0.2, 0) is 11.2 Å². The molecule has 0 fully saturated rings. The van der Waals surface area contributed by atoms with Gasteiger partial charge in [0, 0.05) is 36.5 Å². The third-order valence-electron chi connectivity index (χ3n) is 1.76. The van der Waals surface area contributed by atoms with Gasteiger partial charge in [0.2, 0.25) is 5.91 Å². The van der Waals surface area contributed by atoms with Gasteiger partial charge in [-0.1, -0.05) is 0 Å². The van der Waals surface area contributed by atoms with Crippen LogP contribution in [0.3, 0.4) is 0 Å². The number of nitrogens with two attached hydrogens (primary N) is 1. The highest BCUT2D eigenvalue weighted by Crippen LogP contribution is 2.05. The van der Waals surface area contributed by atoms with Gasteiger partial charge in [-0.15, -0.1) is 11.3 Å². The van der Waals surface area contributed by atoms with Crippen LogP contribution in [0.4, 0.5) is 0 Å². The van der Waals surface area contributed by atoms with Gasteiger partial charge in [-0.25, -0.2) is 4.98 Å². The maximum absolute atomic E-state index is 11.4. The average Bonchev–Trinajstić information content (AvgIpc) is 2.53. The molecule has 1 aromatic heterocycles. The molecule has 3 N–H and O–H groups in total. The molecule has 0 aromatic carbocycles. The fourth-order valence-electron chi connectivity index (χ4n) is 1.16. The number of amides is 1. The Balaban J connectivity index is 2.18. The summed E-state index contributed by atoms with van der Waals surface area (Å²) in [6.07, 6.45) is 2.91. The molecule has 4 nitrogen and oxygen atoms in total. The highest BCUT2D eigenvalue weighted by Gasteiger charge is 2.15. The summed E-state index contributed by atoms with van der Waals surface area (Å²) >= 11 is 1.60. The molecule has 5 heteroatoms. The third kappa shape index (κ3) is 5.49. The number of carbonyl (C=O) groups is 1. The van der Waals surface area contributed by atoms with Gasteiger partial charge in [-0.05, 0) is 13.8 Å². The van der Waals surface area contributed by atoms with Crippen molar-refractivity contribution in [3.63, 3.8) is 0 Å². The molecule has 1 heterocycles. The minimum Gasteiger partial charge on any atom is -0.356 e. The van der Waals surface area contributed by atoms with Crippen molar-refractivity contribution in [3.05, 3.63) is 16.6 Å².